The molecular weight excluding hydrogens is 330 g/mol. The first kappa shape index (κ1) is 24.7. The number of amides is 1. The molecule has 0 aromatic rings. The van der Waals surface area contributed by atoms with E-state index < -0.39 is 12.1 Å². The van der Waals surface area contributed by atoms with E-state index >= 15 is 0 Å². The lowest BCUT2D eigenvalue weighted by Gasteiger charge is -2.28. The minimum absolute atomic E-state index is 0.0235. The van der Waals surface area contributed by atoms with Gasteiger partial charge in [0.05, 0.1) is 13.2 Å². The minimum atomic E-state index is -0.600. The van der Waals surface area contributed by atoms with Crippen LogP contribution >= 0.6 is 0 Å². The van der Waals surface area contributed by atoms with E-state index in [2.05, 4.69) is 6.92 Å². The average molecular weight is 372 g/mol. The molecule has 1 amide bonds. The molecule has 0 aliphatic carbocycles. The molecule has 0 aromatic carbocycles. The molecule has 1 unspecified atom stereocenters. The maximum atomic E-state index is 12.3. The number of carbonyl (C=O) groups is 2. The Labute approximate surface area is 160 Å². The van der Waals surface area contributed by atoms with Crippen LogP contribution in [0.2, 0.25) is 0 Å². The van der Waals surface area contributed by atoms with Crippen LogP contribution in [0.1, 0.15) is 91.9 Å². The molecule has 0 bridgehead atoms. The lowest BCUT2D eigenvalue weighted by molar-refractivity contribution is -0.150. The highest BCUT2D eigenvalue weighted by Crippen LogP contribution is 2.14. The SMILES string of the molecule is CCCCCCCCCCCCOC(=O)C(C(C)C)N(C)C(=O)OCC. The summed E-state index contributed by atoms with van der Waals surface area (Å²) < 4.78 is 10.4. The zero-order valence-corrected chi connectivity index (χ0v) is 17.7. The standard InChI is InChI=1S/C21H41NO4/c1-6-8-9-10-11-12-13-14-15-16-17-26-20(23)19(18(3)4)22(5)21(24)25-7-2/h18-19H,6-17H2,1-5H3. The second-order valence-corrected chi connectivity index (χ2v) is 7.35. The van der Waals surface area contributed by atoms with Gasteiger partial charge in [0.15, 0.2) is 0 Å². The number of unbranched alkanes of at least 4 members (excludes halogenated alkanes) is 9. The molecule has 0 heterocycles. The molecule has 0 saturated carbocycles. The van der Waals surface area contributed by atoms with Crippen molar-refractivity contribution >= 4 is 12.1 Å². The van der Waals surface area contributed by atoms with Crippen molar-refractivity contribution in [2.24, 2.45) is 5.92 Å². The van der Waals surface area contributed by atoms with Crippen molar-refractivity contribution in [1.82, 2.24) is 4.90 Å². The average Bonchev–Trinajstić information content (AvgIpc) is 2.59. The van der Waals surface area contributed by atoms with Crippen LogP contribution in [0.15, 0.2) is 0 Å². The van der Waals surface area contributed by atoms with Crippen LogP contribution in [0.5, 0.6) is 0 Å². The Morgan fingerprint density at radius 2 is 1.31 bits per heavy atom. The van der Waals surface area contributed by atoms with E-state index in [0.717, 1.165) is 12.8 Å². The van der Waals surface area contributed by atoms with Crippen LogP contribution in [-0.4, -0.2) is 43.3 Å². The number of esters is 1. The van der Waals surface area contributed by atoms with Crippen molar-refractivity contribution in [3.63, 3.8) is 0 Å². The number of likely N-dealkylation sites (N-methyl/N-ethyl adjacent to an activating group) is 1. The van der Waals surface area contributed by atoms with E-state index in [1.54, 1.807) is 14.0 Å². The van der Waals surface area contributed by atoms with Crippen molar-refractivity contribution in [2.45, 2.75) is 97.9 Å². The summed E-state index contributed by atoms with van der Waals surface area (Å²) in [6.07, 6.45) is 12.0. The molecule has 0 rings (SSSR count). The smallest absolute Gasteiger partial charge is 0.410 e. The number of nitrogens with zero attached hydrogens (tertiary/aromatic N) is 1. The van der Waals surface area contributed by atoms with Gasteiger partial charge < -0.3 is 9.47 Å². The molecule has 0 aliphatic rings. The third kappa shape index (κ3) is 11.4. The molecule has 0 radical (unpaired) electrons. The van der Waals surface area contributed by atoms with Gasteiger partial charge in [-0.3, -0.25) is 4.90 Å². The van der Waals surface area contributed by atoms with Crippen LogP contribution in [0.25, 0.3) is 0 Å². The molecule has 0 spiro atoms. The number of ether oxygens (including phenoxy) is 2. The minimum Gasteiger partial charge on any atom is -0.464 e. The maximum absolute atomic E-state index is 12.3. The summed E-state index contributed by atoms with van der Waals surface area (Å²) >= 11 is 0. The van der Waals surface area contributed by atoms with Crippen LogP contribution in [0.3, 0.4) is 0 Å². The van der Waals surface area contributed by atoms with Gasteiger partial charge in [-0.25, -0.2) is 9.59 Å². The largest absolute Gasteiger partial charge is 0.464 e. The van der Waals surface area contributed by atoms with E-state index in [4.69, 9.17) is 9.47 Å². The quantitative estimate of drug-likeness (QED) is 0.279. The van der Waals surface area contributed by atoms with Gasteiger partial charge in [0.25, 0.3) is 0 Å². The Balaban J connectivity index is 3.88. The van der Waals surface area contributed by atoms with Crippen molar-refractivity contribution < 1.29 is 19.1 Å². The Hall–Kier alpha value is -1.26. The number of hydrogen-bond donors (Lipinski definition) is 0. The highest BCUT2D eigenvalue weighted by Gasteiger charge is 2.31. The molecule has 1 atom stereocenters. The summed E-state index contributed by atoms with van der Waals surface area (Å²) in [5.74, 6) is -0.365. The molecular formula is C21H41NO4. The van der Waals surface area contributed by atoms with Gasteiger partial charge >= 0.3 is 12.1 Å². The monoisotopic (exact) mass is 371 g/mol. The van der Waals surface area contributed by atoms with Gasteiger partial charge in [0, 0.05) is 7.05 Å². The van der Waals surface area contributed by atoms with E-state index in [9.17, 15) is 9.59 Å². The van der Waals surface area contributed by atoms with Gasteiger partial charge in [0.1, 0.15) is 6.04 Å². The van der Waals surface area contributed by atoms with E-state index in [0.29, 0.717) is 13.2 Å². The van der Waals surface area contributed by atoms with E-state index in [-0.39, 0.29) is 11.9 Å². The fraction of sp³-hybridized carbons (Fsp3) is 0.905. The third-order valence-corrected chi connectivity index (χ3v) is 4.59. The summed E-state index contributed by atoms with van der Waals surface area (Å²) in [5, 5.41) is 0. The first-order chi connectivity index (χ1) is 12.5. The predicted molar refractivity (Wildman–Crippen MR) is 106 cm³/mol. The second kappa shape index (κ2) is 16.0. The molecule has 0 aliphatic heterocycles. The molecule has 5 heteroatoms. The van der Waals surface area contributed by atoms with Crippen molar-refractivity contribution in [1.29, 1.82) is 0 Å². The Bertz CT molecular complexity index is 371. The van der Waals surface area contributed by atoms with Crippen molar-refractivity contribution in [3.8, 4) is 0 Å². The number of hydrogen-bond acceptors (Lipinski definition) is 4. The molecule has 0 fully saturated rings. The van der Waals surface area contributed by atoms with Crippen LogP contribution < -0.4 is 0 Å². The summed E-state index contributed by atoms with van der Waals surface area (Å²) in [7, 11) is 1.59. The van der Waals surface area contributed by atoms with Crippen LogP contribution in [0, 0.1) is 5.92 Å². The first-order valence-corrected chi connectivity index (χ1v) is 10.5. The summed E-state index contributed by atoms with van der Waals surface area (Å²) in [4.78, 5) is 25.5. The fourth-order valence-electron chi connectivity index (χ4n) is 3.06. The maximum Gasteiger partial charge on any atom is 0.410 e. The van der Waals surface area contributed by atoms with Gasteiger partial charge in [-0.05, 0) is 19.3 Å². The van der Waals surface area contributed by atoms with Gasteiger partial charge in [-0.1, -0.05) is 78.6 Å². The highest BCUT2D eigenvalue weighted by molar-refractivity contribution is 5.81. The lowest BCUT2D eigenvalue weighted by Crippen LogP contribution is -2.46. The molecule has 26 heavy (non-hydrogen) atoms. The molecule has 0 N–H and O–H groups in total. The van der Waals surface area contributed by atoms with Crippen LogP contribution in [-0.2, 0) is 14.3 Å². The zero-order valence-electron chi connectivity index (χ0n) is 17.7. The fourth-order valence-corrected chi connectivity index (χ4v) is 3.06. The molecule has 5 nitrogen and oxygen atoms in total. The lowest BCUT2D eigenvalue weighted by atomic mass is 10.0. The number of carbonyl (C=O) groups excluding carboxylic acids is 2. The Morgan fingerprint density at radius 1 is 0.808 bits per heavy atom. The third-order valence-electron chi connectivity index (χ3n) is 4.59. The normalized spacial score (nSPS) is 12.1. The van der Waals surface area contributed by atoms with Gasteiger partial charge in [0.2, 0.25) is 0 Å². The van der Waals surface area contributed by atoms with E-state index in [1.807, 2.05) is 13.8 Å². The Kier molecular flexibility index (Phi) is 15.2. The summed E-state index contributed by atoms with van der Waals surface area (Å²) in [6, 6.07) is -0.600. The molecule has 154 valence electrons. The number of rotatable bonds is 15. The Morgan fingerprint density at radius 3 is 1.77 bits per heavy atom. The second-order valence-electron chi connectivity index (χ2n) is 7.35. The van der Waals surface area contributed by atoms with Crippen molar-refractivity contribution in [2.75, 3.05) is 20.3 Å². The molecule has 0 saturated heterocycles. The van der Waals surface area contributed by atoms with Gasteiger partial charge in [-0.2, -0.15) is 0 Å². The zero-order chi connectivity index (χ0) is 19.8. The topological polar surface area (TPSA) is 55.8 Å². The summed E-state index contributed by atoms with van der Waals surface area (Å²) in [5.41, 5.74) is 0. The molecule has 0 aromatic heterocycles. The van der Waals surface area contributed by atoms with Crippen molar-refractivity contribution in [3.05, 3.63) is 0 Å². The van der Waals surface area contributed by atoms with Crippen LogP contribution in [0.4, 0.5) is 4.79 Å². The predicted octanol–water partition coefficient (Wildman–Crippen LogP) is 5.56. The van der Waals surface area contributed by atoms with E-state index in [1.165, 1.54) is 56.3 Å². The van der Waals surface area contributed by atoms with Gasteiger partial charge in [-0.15, -0.1) is 0 Å². The highest BCUT2D eigenvalue weighted by atomic mass is 16.6. The summed E-state index contributed by atoms with van der Waals surface area (Å²) in [6.45, 7) is 8.52. The first-order valence-electron chi connectivity index (χ1n) is 10.5.